The van der Waals surface area contributed by atoms with Gasteiger partial charge in [-0.05, 0) is 47.7 Å². The monoisotopic (exact) mass is 411 g/mol. The lowest BCUT2D eigenvalue weighted by Gasteiger charge is -2.01. The maximum absolute atomic E-state index is 11.4. The van der Waals surface area contributed by atoms with Gasteiger partial charge in [-0.25, -0.2) is 4.98 Å². The molecule has 6 nitrogen and oxygen atoms in total. The molecule has 0 saturated heterocycles. The number of thioether (sulfide) groups is 1. The van der Waals surface area contributed by atoms with Crippen molar-refractivity contribution in [2.75, 3.05) is 11.6 Å². The zero-order valence-electron chi connectivity index (χ0n) is 15.2. The zero-order valence-corrected chi connectivity index (χ0v) is 16.8. The Morgan fingerprint density at radius 2 is 1.82 bits per heavy atom. The summed E-state index contributed by atoms with van der Waals surface area (Å²) in [6.07, 6.45) is 5.71. The molecule has 0 radical (unpaired) electrons. The standard InChI is InChI=1S/C20H17N3O3S2/c1-13(24)21-20-22-18(12-5-14-3-8-16(9-4-14)23(25)26)19(28-20)15-6-10-17(27-2)11-7-15/h3-12H,1-2H3,(H,21,22,24)/b12-5+. The van der Waals surface area contributed by atoms with E-state index in [4.69, 9.17) is 0 Å². The number of carbonyl (C=O) groups is 1. The molecule has 0 fully saturated rings. The van der Waals surface area contributed by atoms with Gasteiger partial charge < -0.3 is 5.32 Å². The lowest BCUT2D eigenvalue weighted by molar-refractivity contribution is -0.384. The first kappa shape index (κ1) is 19.8. The molecule has 1 amide bonds. The molecule has 0 bridgehead atoms. The minimum Gasteiger partial charge on any atom is -0.302 e. The first-order valence-corrected chi connectivity index (χ1v) is 10.4. The second kappa shape index (κ2) is 8.81. The van der Waals surface area contributed by atoms with Crippen LogP contribution in [0.5, 0.6) is 0 Å². The van der Waals surface area contributed by atoms with Crippen LogP contribution < -0.4 is 5.32 Å². The molecule has 1 N–H and O–H groups in total. The highest BCUT2D eigenvalue weighted by Gasteiger charge is 2.12. The number of hydrogen-bond donors (Lipinski definition) is 1. The van der Waals surface area contributed by atoms with E-state index < -0.39 is 4.92 Å². The summed E-state index contributed by atoms with van der Waals surface area (Å²) in [5.74, 6) is -0.177. The molecule has 0 unspecified atom stereocenters. The van der Waals surface area contributed by atoms with Crippen LogP contribution in [-0.2, 0) is 4.79 Å². The van der Waals surface area contributed by atoms with Gasteiger partial charge in [0.05, 0.1) is 15.5 Å². The maximum Gasteiger partial charge on any atom is 0.269 e. The fraction of sp³-hybridized carbons (Fsp3) is 0.100. The fourth-order valence-corrected chi connectivity index (χ4v) is 3.89. The Morgan fingerprint density at radius 3 is 2.39 bits per heavy atom. The Kier molecular flexibility index (Phi) is 6.23. The van der Waals surface area contributed by atoms with Crippen molar-refractivity contribution in [1.82, 2.24) is 4.98 Å². The predicted octanol–water partition coefficient (Wildman–Crippen LogP) is 5.57. The first-order chi connectivity index (χ1) is 13.5. The van der Waals surface area contributed by atoms with Crippen molar-refractivity contribution in [3.8, 4) is 10.4 Å². The molecule has 28 heavy (non-hydrogen) atoms. The topological polar surface area (TPSA) is 85.1 Å². The quantitative estimate of drug-likeness (QED) is 0.326. The highest BCUT2D eigenvalue weighted by atomic mass is 32.2. The highest BCUT2D eigenvalue weighted by molar-refractivity contribution is 7.98. The van der Waals surface area contributed by atoms with E-state index in [1.807, 2.05) is 42.7 Å². The number of hydrogen-bond acceptors (Lipinski definition) is 6. The Morgan fingerprint density at radius 1 is 1.14 bits per heavy atom. The number of carbonyl (C=O) groups excluding carboxylic acids is 1. The van der Waals surface area contributed by atoms with Crippen molar-refractivity contribution in [2.24, 2.45) is 0 Å². The smallest absolute Gasteiger partial charge is 0.269 e. The van der Waals surface area contributed by atoms with Crippen LogP contribution >= 0.6 is 23.1 Å². The van der Waals surface area contributed by atoms with E-state index in [0.29, 0.717) is 5.13 Å². The van der Waals surface area contributed by atoms with Gasteiger partial charge in [-0.3, -0.25) is 14.9 Å². The molecule has 3 rings (SSSR count). The molecule has 0 saturated carbocycles. The SMILES string of the molecule is CSc1ccc(-c2sc(NC(C)=O)nc2/C=C/c2ccc([N+](=O)[O-])cc2)cc1. The van der Waals surface area contributed by atoms with Gasteiger partial charge in [0.25, 0.3) is 5.69 Å². The van der Waals surface area contributed by atoms with E-state index in [9.17, 15) is 14.9 Å². The van der Waals surface area contributed by atoms with Gasteiger partial charge in [-0.1, -0.05) is 29.5 Å². The van der Waals surface area contributed by atoms with Crippen molar-refractivity contribution in [2.45, 2.75) is 11.8 Å². The zero-order chi connectivity index (χ0) is 20.1. The van der Waals surface area contributed by atoms with Crippen LogP contribution in [0.1, 0.15) is 18.2 Å². The van der Waals surface area contributed by atoms with E-state index >= 15 is 0 Å². The number of nitrogens with zero attached hydrogens (tertiary/aromatic N) is 2. The summed E-state index contributed by atoms with van der Waals surface area (Å²) in [4.78, 5) is 28.4. The van der Waals surface area contributed by atoms with Crippen molar-refractivity contribution in [1.29, 1.82) is 0 Å². The number of aromatic nitrogens is 1. The molecular weight excluding hydrogens is 394 g/mol. The van der Waals surface area contributed by atoms with Crippen LogP contribution in [0.3, 0.4) is 0 Å². The summed E-state index contributed by atoms with van der Waals surface area (Å²) in [6.45, 7) is 1.45. The summed E-state index contributed by atoms with van der Waals surface area (Å²) < 4.78 is 0. The number of benzene rings is 2. The Hall–Kier alpha value is -2.97. The Bertz CT molecular complexity index is 1030. The van der Waals surface area contributed by atoms with E-state index in [0.717, 1.165) is 21.7 Å². The van der Waals surface area contributed by atoms with Gasteiger partial charge in [0.1, 0.15) is 0 Å². The molecule has 3 aromatic rings. The second-order valence-corrected chi connectivity index (χ2v) is 7.70. The van der Waals surface area contributed by atoms with Crippen LogP contribution in [0, 0.1) is 10.1 Å². The van der Waals surface area contributed by atoms with Crippen LogP contribution in [0.2, 0.25) is 0 Å². The number of anilines is 1. The average molecular weight is 412 g/mol. The number of non-ortho nitro benzene ring substituents is 1. The van der Waals surface area contributed by atoms with Crippen LogP contribution in [-0.4, -0.2) is 22.1 Å². The normalized spacial score (nSPS) is 10.9. The van der Waals surface area contributed by atoms with Crippen LogP contribution in [0.25, 0.3) is 22.6 Å². The Labute approximate surface area is 170 Å². The average Bonchev–Trinajstić information content (AvgIpc) is 3.08. The largest absolute Gasteiger partial charge is 0.302 e. The van der Waals surface area contributed by atoms with Gasteiger partial charge in [-0.15, -0.1) is 11.8 Å². The molecule has 0 aliphatic heterocycles. The highest BCUT2D eigenvalue weighted by Crippen LogP contribution is 2.35. The minimum atomic E-state index is -0.427. The summed E-state index contributed by atoms with van der Waals surface area (Å²) in [5, 5.41) is 14.0. The molecule has 1 heterocycles. The maximum atomic E-state index is 11.4. The lowest BCUT2D eigenvalue weighted by atomic mass is 10.1. The van der Waals surface area contributed by atoms with Crippen LogP contribution in [0.4, 0.5) is 10.8 Å². The van der Waals surface area contributed by atoms with Gasteiger partial charge in [0.15, 0.2) is 5.13 Å². The molecule has 2 aromatic carbocycles. The molecular formula is C20H17N3O3S2. The molecule has 0 aliphatic rings. The Balaban J connectivity index is 1.94. The number of amides is 1. The fourth-order valence-electron chi connectivity index (χ4n) is 2.48. The third kappa shape index (κ3) is 4.85. The lowest BCUT2D eigenvalue weighted by Crippen LogP contribution is -2.04. The van der Waals surface area contributed by atoms with Crippen molar-refractivity contribution in [3.05, 3.63) is 69.9 Å². The van der Waals surface area contributed by atoms with E-state index in [1.165, 1.54) is 35.3 Å². The molecule has 0 atom stereocenters. The summed E-state index contributed by atoms with van der Waals surface area (Å²) in [5.41, 5.74) is 2.61. The summed E-state index contributed by atoms with van der Waals surface area (Å²) in [6, 6.07) is 14.4. The molecule has 1 aromatic heterocycles. The third-order valence-electron chi connectivity index (χ3n) is 3.83. The molecule has 8 heteroatoms. The van der Waals surface area contributed by atoms with Gasteiger partial charge in [-0.2, -0.15) is 0 Å². The van der Waals surface area contributed by atoms with E-state index in [1.54, 1.807) is 23.9 Å². The number of nitrogens with one attached hydrogen (secondary N) is 1. The van der Waals surface area contributed by atoms with E-state index in [-0.39, 0.29) is 11.6 Å². The molecule has 0 aliphatic carbocycles. The molecule has 0 spiro atoms. The number of nitro groups is 1. The van der Waals surface area contributed by atoms with Crippen LogP contribution in [0.15, 0.2) is 53.4 Å². The van der Waals surface area contributed by atoms with Gasteiger partial charge in [0.2, 0.25) is 5.91 Å². The second-order valence-electron chi connectivity index (χ2n) is 5.83. The predicted molar refractivity (Wildman–Crippen MR) is 116 cm³/mol. The van der Waals surface area contributed by atoms with Crippen molar-refractivity contribution in [3.63, 3.8) is 0 Å². The molecule has 142 valence electrons. The van der Waals surface area contributed by atoms with E-state index in [2.05, 4.69) is 10.3 Å². The van der Waals surface area contributed by atoms with Gasteiger partial charge in [0, 0.05) is 24.0 Å². The third-order valence-corrected chi connectivity index (χ3v) is 5.61. The number of nitro benzene ring substituents is 1. The first-order valence-electron chi connectivity index (χ1n) is 8.31. The summed E-state index contributed by atoms with van der Waals surface area (Å²) >= 11 is 3.08. The number of rotatable bonds is 6. The van der Waals surface area contributed by atoms with Crippen molar-refractivity contribution >= 4 is 52.0 Å². The van der Waals surface area contributed by atoms with Crippen molar-refractivity contribution < 1.29 is 9.72 Å². The van der Waals surface area contributed by atoms with Gasteiger partial charge >= 0.3 is 0 Å². The number of thiazole rings is 1. The summed E-state index contributed by atoms with van der Waals surface area (Å²) in [7, 11) is 0. The minimum absolute atomic E-state index is 0.0494.